The van der Waals surface area contributed by atoms with Gasteiger partial charge in [-0.2, -0.15) is 5.26 Å². The third kappa shape index (κ3) is 6.18. The summed E-state index contributed by atoms with van der Waals surface area (Å²) < 4.78 is 16.6. The van der Waals surface area contributed by atoms with Crippen LogP contribution >= 0.6 is 11.8 Å². The summed E-state index contributed by atoms with van der Waals surface area (Å²) in [6.07, 6.45) is 0. The number of carbonyl (C=O) groups excluding carboxylic acids is 1. The number of ether oxygens (including phenoxy) is 3. The molecule has 0 fully saturated rings. The number of hydrogen-bond donors (Lipinski definition) is 1. The van der Waals surface area contributed by atoms with Crippen molar-refractivity contribution >= 4 is 17.5 Å². The minimum absolute atomic E-state index is 0.0387. The molecule has 4 rings (SSSR count). The van der Waals surface area contributed by atoms with Gasteiger partial charge in [-0.25, -0.2) is 4.98 Å². The number of H-pyrrole nitrogens is 1. The second-order valence-electron chi connectivity index (χ2n) is 7.79. The zero-order chi connectivity index (χ0) is 26.2. The van der Waals surface area contributed by atoms with Gasteiger partial charge in [-0.3, -0.25) is 9.59 Å². The van der Waals surface area contributed by atoms with Crippen LogP contribution in [0.4, 0.5) is 0 Å². The predicted octanol–water partition coefficient (Wildman–Crippen LogP) is 4.88. The van der Waals surface area contributed by atoms with Crippen LogP contribution in [0.1, 0.15) is 21.5 Å². The van der Waals surface area contributed by atoms with E-state index in [2.05, 4.69) is 9.97 Å². The number of thioether (sulfide) groups is 1. The molecule has 4 aromatic rings. The van der Waals surface area contributed by atoms with Crippen LogP contribution in [0.15, 0.2) is 82.7 Å². The molecule has 0 aliphatic heterocycles. The van der Waals surface area contributed by atoms with Crippen LogP contribution in [0.3, 0.4) is 0 Å². The highest BCUT2D eigenvalue weighted by atomic mass is 32.2. The first kappa shape index (κ1) is 25.5. The fourth-order valence-electron chi connectivity index (χ4n) is 3.52. The van der Waals surface area contributed by atoms with Crippen LogP contribution in [0.25, 0.3) is 11.3 Å². The van der Waals surface area contributed by atoms with E-state index in [-0.39, 0.29) is 27.9 Å². The molecule has 3 aromatic carbocycles. The quantitative estimate of drug-likeness (QED) is 0.181. The largest absolute Gasteiger partial charge is 0.497 e. The number of ketones is 1. The summed E-state index contributed by atoms with van der Waals surface area (Å²) in [6.45, 7) is 0.353. The number of aromatic amines is 1. The van der Waals surface area contributed by atoms with Gasteiger partial charge in [0.25, 0.3) is 5.56 Å². The Bertz CT molecular complexity index is 1510. The topological polar surface area (TPSA) is 114 Å². The molecule has 1 aromatic heterocycles. The molecule has 0 bridgehead atoms. The van der Waals surface area contributed by atoms with Crippen molar-refractivity contribution in [1.82, 2.24) is 9.97 Å². The van der Waals surface area contributed by atoms with Gasteiger partial charge in [0.15, 0.2) is 22.4 Å². The van der Waals surface area contributed by atoms with E-state index in [0.29, 0.717) is 35.0 Å². The number of benzene rings is 3. The summed E-state index contributed by atoms with van der Waals surface area (Å²) in [4.78, 5) is 32.4. The molecular weight excluding hydrogens is 490 g/mol. The van der Waals surface area contributed by atoms with Gasteiger partial charge in [0.2, 0.25) is 0 Å². The van der Waals surface area contributed by atoms with Crippen molar-refractivity contribution in [2.45, 2.75) is 11.8 Å². The molecular formula is C28H23N3O5S. The van der Waals surface area contributed by atoms with Gasteiger partial charge in [-0.1, -0.05) is 54.2 Å². The molecule has 0 amide bonds. The monoisotopic (exact) mass is 513 g/mol. The minimum Gasteiger partial charge on any atom is -0.497 e. The van der Waals surface area contributed by atoms with Crippen LogP contribution in [0, 0.1) is 11.3 Å². The number of carbonyl (C=O) groups is 1. The lowest BCUT2D eigenvalue weighted by atomic mass is 10.1. The van der Waals surface area contributed by atoms with Gasteiger partial charge < -0.3 is 19.2 Å². The van der Waals surface area contributed by atoms with Crippen LogP contribution in [-0.2, 0) is 6.61 Å². The van der Waals surface area contributed by atoms with Gasteiger partial charge in [0.05, 0.1) is 25.7 Å². The number of hydrogen-bond acceptors (Lipinski definition) is 8. The van der Waals surface area contributed by atoms with Crippen molar-refractivity contribution in [1.29, 1.82) is 5.26 Å². The fourth-order valence-corrected chi connectivity index (χ4v) is 4.27. The molecule has 37 heavy (non-hydrogen) atoms. The van der Waals surface area contributed by atoms with Crippen LogP contribution in [0.5, 0.6) is 17.2 Å². The Morgan fingerprint density at radius 1 is 1.00 bits per heavy atom. The first-order valence-electron chi connectivity index (χ1n) is 11.2. The van der Waals surface area contributed by atoms with E-state index in [1.54, 1.807) is 42.5 Å². The van der Waals surface area contributed by atoms with Crippen LogP contribution in [0.2, 0.25) is 0 Å². The van der Waals surface area contributed by atoms with E-state index in [4.69, 9.17) is 14.2 Å². The maximum atomic E-state index is 12.7. The Morgan fingerprint density at radius 2 is 1.81 bits per heavy atom. The van der Waals surface area contributed by atoms with Crippen LogP contribution in [-0.4, -0.2) is 35.7 Å². The van der Waals surface area contributed by atoms with E-state index in [9.17, 15) is 14.9 Å². The molecule has 0 saturated heterocycles. The maximum Gasteiger partial charge on any atom is 0.270 e. The third-order valence-electron chi connectivity index (χ3n) is 5.42. The summed E-state index contributed by atoms with van der Waals surface area (Å²) in [5, 5.41) is 9.84. The summed E-state index contributed by atoms with van der Waals surface area (Å²) in [5.41, 5.74) is 1.46. The van der Waals surface area contributed by atoms with Gasteiger partial charge in [0.1, 0.15) is 24.0 Å². The molecule has 1 heterocycles. The number of Topliss-reactive ketones (excluding diaryl/α,β-unsaturated/α-hetero) is 1. The van der Waals surface area contributed by atoms with Gasteiger partial charge >= 0.3 is 0 Å². The van der Waals surface area contributed by atoms with Gasteiger partial charge in [-0.05, 0) is 35.9 Å². The second kappa shape index (κ2) is 11.9. The average Bonchev–Trinajstić information content (AvgIpc) is 2.95. The molecule has 8 nitrogen and oxygen atoms in total. The van der Waals surface area contributed by atoms with E-state index in [0.717, 1.165) is 17.3 Å². The van der Waals surface area contributed by atoms with Crippen LogP contribution < -0.4 is 19.8 Å². The number of rotatable bonds is 10. The Labute approximate surface area is 217 Å². The summed E-state index contributed by atoms with van der Waals surface area (Å²) in [5.74, 6) is 1.41. The summed E-state index contributed by atoms with van der Waals surface area (Å²) in [7, 11) is 3.04. The minimum atomic E-state index is -0.591. The molecule has 0 spiro atoms. The Balaban J connectivity index is 1.57. The molecule has 0 aliphatic carbocycles. The Kier molecular flexibility index (Phi) is 8.23. The first-order valence-corrected chi connectivity index (χ1v) is 12.2. The van der Waals surface area contributed by atoms with Crippen molar-refractivity contribution in [2.75, 3.05) is 20.0 Å². The van der Waals surface area contributed by atoms with Crippen molar-refractivity contribution < 1.29 is 19.0 Å². The molecule has 0 radical (unpaired) electrons. The number of aromatic nitrogens is 2. The first-order chi connectivity index (χ1) is 18.0. The highest BCUT2D eigenvalue weighted by Crippen LogP contribution is 2.33. The highest BCUT2D eigenvalue weighted by molar-refractivity contribution is 7.99. The lowest BCUT2D eigenvalue weighted by molar-refractivity contribution is 0.102. The number of nitrogens with one attached hydrogen (secondary N) is 1. The summed E-state index contributed by atoms with van der Waals surface area (Å²) in [6, 6.07) is 23.5. The average molecular weight is 514 g/mol. The Morgan fingerprint density at radius 3 is 2.54 bits per heavy atom. The van der Waals surface area contributed by atoms with E-state index < -0.39 is 5.56 Å². The highest BCUT2D eigenvalue weighted by Gasteiger charge is 2.17. The molecule has 0 aliphatic rings. The standard InChI is InChI=1S/C28H23N3O5S/c1-34-21-10-6-9-19(13-21)23(32)17-37-28-30-26(22(15-29)27(33)31-28)20-11-12-24(25(14-20)35-2)36-16-18-7-4-3-5-8-18/h3-14H,16-17H2,1-2H3,(H,30,31,33). The third-order valence-corrected chi connectivity index (χ3v) is 6.29. The molecule has 0 saturated carbocycles. The lowest BCUT2D eigenvalue weighted by Crippen LogP contribution is -2.15. The molecule has 9 heteroatoms. The predicted molar refractivity (Wildman–Crippen MR) is 140 cm³/mol. The number of nitriles is 1. The van der Waals surface area contributed by atoms with Crippen molar-refractivity contribution in [3.63, 3.8) is 0 Å². The van der Waals surface area contributed by atoms with Gasteiger partial charge in [-0.15, -0.1) is 0 Å². The molecule has 1 N–H and O–H groups in total. The fraction of sp³-hybridized carbons (Fsp3) is 0.143. The van der Waals surface area contributed by atoms with Crippen molar-refractivity contribution in [3.05, 3.63) is 99.8 Å². The zero-order valence-corrected chi connectivity index (χ0v) is 21.0. The maximum absolute atomic E-state index is 12.7. The zero-order valence-electron chi connectivity index (χ0n) is 20.2. The number of methoxy groups -OCH3 is 2. The Hall–Kier alpha value is -4.55. The smallest absolute Gasteiger partial charge is 0.270 e. The normalized spacial score (nSPS) is 10.4. The van der Waals surface area contributed by atoms with Crippen molar-refractivity contribution in [3.8, 4) is 34.6 Å². The van der Waals surface area contributed by atoms with E-state index >= 15 is 0 Å². The van der Waals surface area contributed by atoms with Crippen molar-refractivity contribution in [2.24, 2.45) is 0 Å². The lowest BCUT2D eigenvalue weighted by Gasteiger charge is -2.13. The van der Waals surface area contributed by atoms with E-state index in [1.165, 1.54) is 14.2 Å². The molecule has 0 unspecified atom stereocenters. The van der Waals surface area contributed by atoms with E-state index in [1.807, 2.05) is 36.4 Å². The molecule has 0 atom stereocenters. The molecule has 186 valence electrons. The second-order valence-corrected chi connectivity index (χ2v) is 8.75. The SMILES string of the molecule is COc1cccc(C(=O)CSc2nc(-c3ccc(OCc4ccccc4)c(OC)c3)c(C#N)c(=O)[nH]2)c1. The summed E-state index contributed by atoms with van der Waals surface area (Å²) >= 11 is 1.08. The van der Waals surface area contributed by atoms with Gasteiger partial charge in [0, 0.05) is 11.1 Å². The number of nitrogens with zero attached hydrogens (tertiary/aromatic N) is 2.